The minimum Gasteiger partial charge on any atom is -0.383 e. The van der Waals surface area contributed by atoms with Crippen molar-refractivity contribution in [3.63, 3.8) is 0 Å². The van der Waals surface area contributed by atoms with Crippen molar-refractivity contribution in [2.24, 2.45) is 22.8 Å². The molecule has 0 radical (unpaired) electrons. The largest absolute Gasteiger partial charge is 0.383 e. The molecule has 1 N–H and O–H groups in total. The van der Waals surface area contributed by atoms with Gasteiger partial charge in [-0.1, -0.05) is 104 Å². The minimum atomic E-state index is -1.93. The highest BCUT2D eigenvalue weighted by Gasteiger charge is 2.18. The highest BCUT2D eigenvalue weighted by Crippen LogP contribution is 2.67. The summed E-state index contributed by atoms with van der Waals surface area (Å²) in [6, 6.07) is 0. The number of methoxy groups -OCH3 is 1. The van der Waals surface area contributed by atoms with E-state index in [-0.39, 0.29) is 104 Å². The smallest absolute Gasteiger partial charge is 0.134 e. The predicted molar refractivity (Wildman–Crippen MR) is 226 cm³/mol. The van der Waals surface area contributed by atoms with Crippen LogP contribution in [0.15, 0.2) is 22.8 Å². The van der Waals surface area contributed by atoms with Crippen LogP contribution in [-0.2, 0) is 4.74 Å². The number of hydrogen-bond donors (Lipinski definition) is 1. The van der Waals surface area contributed by atoms with E-state index in [9.17, 15) is 0 Å². The third kappa shape index (κ3) is 48.8. The molecule has 7 nitrogen and oxygen atoms in total. The molecule has 0 rings (SSSR count). The van der Waals surface area contributed by atoms with E-state index in [4.69, 9.17) is 22.8 Å². The Bertz CT molecular complexity index is 747. The molecule has 0 saturated carbocycles. The molecular formula is C28H97N6OP5. The third-order valence-electron chi connectivity index (χ3n) is 2.86. The fraction of sp³-hybridized carbons (Fsp3) is 1.00. The van der Waals surface area contributed by atoms with Gasteiger partial charge in [-0.25, -0.2) is 13.5 Å². The van der Waals surface area contributed by atoms with E-state index in [1.807, 2.05) is 7.05 Å². The van der Waals surface area contributed by atoms with Gasteiger partial charge in [0.25, 0.3) is 0 Å². The molecule has 0 saturated heterocycles. The summed E-state index contributed by atoms with van der Waals surface area (Å²) in [6.45, 7) is 23.3. The quantitative estimate of drug-likeness (QED) is 0.203. The van der Waals surface area contributed by atoms with Crippen molar-refractivity contribution in [2.45, 2.75) is 104 Å². The SMILES string of the molecule is C.C.C.C.C.C.C.C.C.C.C.C.C.C.CN=P(C)(N=P(C)(C)N=P(C)(C)N=P(C)(C)N=P(C)(C)C)NCCOC. The first-order valence-corrected chi connectivity index (χ1v) is 21.5. The molecule has 270 valence electrons. The average Bonchev–Trinajstić information content (AvgIpc) is 2.31. The van der Waals surface area contributed by atoms with Crippen molar-refractivity contribution >= 4 is 36.0 Å². The fourth-order valence-electron chi connectivity index (χ4n) is 2.71. The molecule has 40 heavy (non-hydrogen) atoms. The summed E-state index contributed by atoms with van der Waals surface area (Å²) in [5.74, 6) is 0. The second-order valence-electron chi connectivity index (χ2n) is 8.32. The Morgan fingerprint density at radius 3 is 1.00 bits per heavy atom. The Hall–Kier alpha value is 1.07. The van der Waals surface area contributed by atoms with Gasteiger partial charge in [0, 0.05) is 27.4 Å². The first-order chi connectivity index (χ1) is 11.4. The Balaban J connectivity index is -0.0000000343. The molecule has 1 atom stereocenters. The van der Waals surface area contributed by atoms with Crippen molar-refractivity contribution in [2.75, 3.05) is 94.0 Å². The van der Waals surface area contributed by atoms with Crippen LogP contribution in [0.4, 0.5) is 0 Å². The van der Waals surface area contributed by atoms with Crippen molar-refractivity contribution in [3.05, 3.63) is 0 Å². The molecule has 0 amide bonds. The molecule has 0 aromatic heterocycles. The number of hydrogen-bond acceptors (Lipinski definition) is 2. The molecule has 0 aliphatic rings. The lowest BCUT2D eigenvalue weighted by molar-refractivity contribution is 0.204. The summed E-state index contributed by atoms with van der Waals surface area (Å²) < 4.78 is 30.2. The first-order valence-electron chi connectivity index (χ1n) is 8.49. The lowest BCUT2D eigenvalue weighted by atomic mass is 10.7. The number of rotatable bonds is 8. The van der Waals surface area contributed by atoms with E-state index >= 15 is 0 Å². The second kappa shape index (κ2) is 38.1. The highest BCUT2D eigenvalue weighted by molar-refractivity contribution is 7.83. The van der Waals surface area contributed by atoms with Crippen LogP contribution in [0.1, 0.15) is 104 Å². The van der Waals surface area contributed by atoms with Gasteiger partial charge in [0.2, 0.25) is 0 Å². The fourth-order valence-corrected chi connectivity index (χ4v) is 22.6. The van der Waals surface area contributed by atoms with E-state index in [0.717, 1.165) is 6.54 Å². The molecule has 12 heteroatoms. The van der Waals surface area contributed by atoms with Crippen molar-refractivity contribution < 1.29 is 4.74 Å². The summed E-state index contributed by atoms with van der Waals surface area (Å²) in [7, 11) is -4.92. The van der Waals surface area contributed by atoms with Crippen LogP contribution in [0.2, 0.25) is 0 Å². The number of nitrogens with zero attached hydrogens (tertiary/aromatic N) is 5. The van der Waals surface area contributed by atoms with Crippen LogP contribution in [0.5, 0.6) is 0 Å². The Morgan fingerprint density at radius 1 is 0.475 bits per heavy atom. The van der Waals surface area contributed by atoms with E-state index in [2.05, 4.69) is 76.5 Å². The number of ether oxygens (including phenoxy) is 1. The zero-order valence-electron chi connectivity index (χ0n) is 18.8. The van der Waals surface area contributed by atoms with Gasteiger partial charge in [0.05, 0.1) is 28.2 Å². The highest BCUT2D eigenvalue weighted by atomic mass is 31.2. The van der Waals surface area contributed by atoms with Gasteiger partial charge in [-0.15, -0.1) is 0 Å². The van der Waals surface area contributed by atoms with Crippen LogP contribution in [-0.4, -0.2) is 94.0 Å². The maximum atomic E-state index is 5.18. The first kappa shape index (κ1) is 97.0. The van der Waals surface area contributed by atoms with Crippen LogP contribution < -0.4 is 5.09 Å². The summed E-state index contributed by atoms with van der Waals surface area (Å²) in [5, 5.41) is 3.46. The molecule has 0 spiro atoms. The molecule has 0 aliphatic carbocycles. The molecule has 0 heterocycles. The third-order valence-corrected chi connectivity index (χ3v) is 18.5. The predicted octanol–water partition coefficient (Wildman–Crippen LogP) is 15.6. The Morgan fingerprint density at radius 2 is 0.750 bits per heavy atom. The van der Waals surface area contributed by atoms with E-state index < -0.39 is 36.0 Å². The van der Waals surface area contributed by atoms with Crippen LogP contribution >= 0.6 is 36.0 Å². The maximum absolute atomic E-state index is 5.18. The summed E-state index contributed by atoms with van der Waals surface area (Å²) in [6.07, 6.45) is 0. The molecule has 0 aromatic rings. The molecule has 0 bridgehead atoms. The average molecular weight is 689 g/mol. The van der Waals surface area contributed by atoms with Crippen LogP contribution in [0.25, 0.3) is 0 Å². The van der Waals surface area contributed by atoms with E-state index in [1.54, 1.807) is 7.11 Å². The van der Waals surface area contributed by atoms with Crippen molar-refractivity contribution in [1.29, 1.82) is 0 Å². The number of nitrogens with one attached hydrogen (secondary N) is 1. The zero-order valence-corrected chi connectivity index (χ0v) is 23.3. The normalized spacial score (nSPS) is 10.3. The van der Waals surface area contributed by atoms with Gasteiger partial charge in [-0.05, 0) is 67.0 Å². The topological polar surface area (TPSA) is 83.1 Å². The van der Waals surface area contributed by atoms with Gasteiger partial charge in [0.1, 0.15) is 7.36 Å². The van der Waals surface area contributed by atoms with Gasteiger partial charge >= 0.3 is 0 Å². The van der Waals surface area contributed by atoms with Gasteiger partial charge < -0.3 is 4.74 Å². The van der Waals surface area contributed by atoms with Gasteiger partial charge in [-0.3, -0.25) is 14.3 Å². The molecule has 0 fully saturated rings. The summed E-state index contributed by atoms with van der Waals surface area (Å²) in [5.41, 5.74) is 0. The maximum Gasteiger partial charge on any atom is 0.134 e. The molecular weight excluding hydrogens is 591 g/mol. The second-order valence-corrected chi connectivity index (χ2v) is 25.6. The molecule has 1 unspecified atom stereocenters. The van der Waals surface area contributed by atoms with Crippen molar-refractivity contribution in [3.8, 4) is 0 Å². The Labute approximate surface area is 266 Å². The minimum absolute atomic E-state index is 0. The van der Waals surface area contributed by atoms with Gasteiger partial charge in [0.15, 0.2) is 0 Å². The lowest BCUT2D eigenvalue weighted by Gasteiger charge is -2.24. The molecule has 0 aromatic carbocycles. The summed E-state index contributed by atoms with van der Waals surface area (Å²) >= 11 is 0. The standard InChI is InChI=1S/C14H41N6OP5.14CH4/c1-15-26(12,16-13-14-21-2)20-25(10,11)19-24(8,9)18-23(6,7)17-22(3,4)5;;;;;;;;;;;;;;/h16H,13-14H2,1-12H3;14*1H4. The molecule has 0 aliphatic heterocycles. The van der Waals surface area contributed by atoms with Crippen LogP contribution in [0, 0.1) is 0 Å². The van der Waals surface area contributed by atoms with Crippen molar-refractivity contribution in [1.82, 2.24) is 5.09 Å². The zero-order chi connectivity index (χ0) is 20.9. The Kier molecular flexibility index (Phi) is 92.4. The lowest BCUT2D eigenvalue weighted by Crippen LogP contribution is -2.14. The summed E-state index contributed by atoms with van der Waals surface area (Å²) in [4.78, 5) is 0. The van der Waals surface area contributed by atoms with E-state index in [0.29, 0.717) is 6.61 Å². The monoisotopic (exact) mass is 689 g/mol. The van der Waals surface area contributed by atoms with Gasteiger partial charge in [-0.2, -0.15) is 0 Å². The van der Waals surface area contributed by atoms with Crippen LogP contribution in [0.3, 0.4) is 0 Å². The van der Waals surface area contributed by atoms with E-state index in [1.165, 1.54) is 0 Å².